The molecule has 1 saturated heterocycles. The van der Waals surface area contributed by atoms with Gasteiger partial charge in [-0.15, -0.1) is 0 Å². The van der Waals surface area contributed by atoms with Crippen molar-refractivity contribution >= 4 is 46.2 Å². The van der Waals surface area contributed by atoms with Crippen molar-refractivity contribution < 1.29 is 18.6 Å². The number of rotatable bonds is 8. The Labute approximate surface area is 213 Å². The van der Waals surface area contributed by atoms with E-state index in [1.807, 2.05) is 24.3 Å². The molecular weight excluding hydrogens is 502 g/mol. The van der Waals surface area contributed by atoms with Gasteiger partial charge in [-0.2, -0.15) is 0 Å². The molecule has 1 heterocycles. The molecule has 34 heavy (non-hydrogen) atoms. The van der Waals surface area contributed by atoms with Crippen LogP contribution < -0.4 is 19.7 Å². The number of nitrogens with zero attached hydrogens (tertiary/aromatic N) is 1. The molecule has 0 unspecified atom stereocenters. The normalized spacial score (nSPS) is 13.6. The second-order valence-electron chi connectivity index (χ2n) is 7.72. The molecule has 0 spiro atoms. The van der Waals surface area contributed by atoms with Crippen molar-refractivity contribution in [1.82, 2.24) is 0 Å². The van der Waals surface area contributed by atoms with Gasteiger partial charge in [0, 0.05) is 30.9 Å². The van der Waals surface area contributed by atoms with Crippen LogP contribution in [-0.2, 0) is 17.9 Å². The summed E-state index contributed by atoms with van der Waals surface area (Å²) in [5.41, 5.74) is 3.01. The Balaban J connectivity index is 1.44. The molecule has 0 aromatic heterocycles. The lowest BCUT2D eigenvalue weighted by Crippen LogP contribution is -2.36. The number of hydrogen-bond acceptors (Lipinski definition) is 5. The number of morpholine rings is 1. The third-order valence-corrected chi connectivity index (χ3v) is 6.45. The zero-order valence-corrected chi connectivity index (χ0v) is 20.8. The number of benzene rings is 3. The lowest BCUT2D eigenvalue weighted by molar-refractivity contribution is 0.122. The van der Waals surface area contributed by atoms with Crippen LogP contribution in [0.1, 0.15) is 11.1 Å². The van der Waals surface area contributed by atoms with Gasteiger partial charge < -0.3 is 24.4 Å². The van der Waals surface area contributed by atoms with Crippen LogP contribution in [-0.4, -0.2) is 33.4 Å². The molecule has 0 aliphatic carbocycles. The van der Waals surface area contributed by atoms with Crippen LogP contribution in [0.15, 0.2) is 48.5 Å². The van der Waals surface area contributed by atoms with E-state index in [4.69, 9.17) is 49.0 Å². The highest BCUT2D eigenvalue weighted by atomic mass is 35.5. The summed E-state index contributed by atoms with van der Waals surface area (Å²) in [5, 5.41) is 4.67. The minimum absolute atomic E-state index is 0.0762. The van der Waals surface area contributed by atoms with Crippen molar-refractivity contribution in [3.05, 3.63) is 80.5 Å². The molecule has 1 aliphatic rings. The van der Waals surface area contributed by atoms with Crippen molar-refractivity contribution in [3.8, 4) is 11.5 Å². The van der Waals surface area contributed by atoms with Crippen molar-refractivity contribution in [1.29, 1.82) is 0 Å². The number of methoxy groups -OCH3 is 1. The van der Waals surface area contributed by atoms with Crippen LogP contribution in [0.2, 0.25) is 15.1 Å². The Bertz CT molecular complexity index is 1140. The molecule has 4 rings (SSSR count). The summed E-state index contributed by atoms with van der Waals surface area (Å²) in [4.78, 5) is 2.22. The van der Waals surface area contributed by atoms with Gasteiger partial charge >= 0.3 is 0 Å². The largest absolute Gasteiger partial charge is 0.493 e. The van der Waals surface area contributed by atoms with Gasteiger partial charge in [0.25, 0.3) is 0 Å². The Hall–Kier alpha value is -2.38. The molecule has 1 N–H and O–H groups in total. The van der Waals surface area contributed by atoms with Crippen LogP contribution in [0.5, 0.6) is 11.5 Å². The Morgan fingerprint density at radius 1 is 1.00 bits per heavy atom. The minimum atomic E-state index is -0.443. The standard InChI is InChI=1S/C25H24Cl3FN2O3/c1-32-24-12-16(11-21(28)25(24)34-15-18-19(26)3-2-4-22(18)29)14-30-17-5-6-23(20(27)13-17)31-7-9-33-10-8-31/h2-6,11-13,30H,7-10,14-15H2,1H3. The predicted molar refractivity (Wildman–Crippen MR) is 136 cm³/mol. The summed E-state index contributed by atoms with van der Waals surface area (Å²) in [6.07, 6.45) is 0. The van der Waals surface area contributed by atoms with Crippen LogP contribution in [0.3, 0.4) is 0 Å². The molecule has 5 nitrogen and oxygen atoms in total. The van der Waals surface area contributed by atoms with Crippen molar-refractivity contribution in [2.24, 2.45) is 0 Å². The molecule has 1 fully saturated rings. The highest BCUT2D eigenvalue weighted by Crippen LogP contribution is 2.38. The molecule has 3 aromatic rings. The van der Waals surface area contributed by atoms with E-state index in [9.17, 15) is 4.39 Å². The number of anilines is 2. The summed E-state index contributed by atoms with van der Waals surface area (Å²) >= 11 is 19.1. The van der Waals surface area contributed by atoms with Gasteiger partial charge in [-0.1, -0.05) is 40.9 Å². The lowest BCUT2D eigenvalue weighted by atomic mass is 10.1. The van der Waals surface area contributed by atoms with Gasteiger partial charge in [0.15, 0.2) is 11.5 Å². The van der Waals surface area contributed by atoms with Crippen LogP contribution in [0, 0.1) is 5.82 Å². The Morgan fingerprint density at radius 2 is 1.79 bits per heavy atom. The minimum Gasteiger partial charge on any atom is -0.493 e. The molecule has 0 amide bonds. The smallest absolute Gasteiger partial charge is 0.180 e. The molecular formula is C25H24Cl3FN2O3. The van der Waals surface area contributed by atoms with Gasteiger partial charge in [-0.25, -0.2) is 4.39 Å². The summed E-state index contributed by atoms with van der Waals surface area (Å²) in [6.45, 7) is 3.46. The van der Waals surface area contributed by atoms with Gasteiger partial charge in [0.1, 0.15) is 12.4 Å². The van der Waals surface area contributed by atoms with Gasteiger partial charge in [0.2, 0.25) is 0 Å². The summed E-state index contributed by atoms with van der Waals surface area (Å²) < 4.78 is 30.7. The van der Waals surface area contributed by atoms with E-state index < -0.39 is 5.82 Å². The average Bonchev–Trinajstić information content (AvgIpc) is 2.83. The fraction of sp³-hybridized carbons (Fsp3) is 0.280. The molecule has 180 valence electrons. The quantitative estimate of drug-likeness (QED) is 0.349. The SMILES string of the molecule is COc1cc(CNc2ccc(N3CCOCC3)c(Cl)c2)cc(Cl)c1OCc1c(F)cccc1Cl. The third kappa shape index (κ3) is 5.81. The highest BCUT2D eigenvalue weighted by Gasteiger charge is 2.16. The molecule has 0 bridgehead atoms. The topological polar surface area (TPSA) is 43.0 Å². The fourth-order valence-corrected chi connectivity index (χ4v) is 4.52. The van der Waals surface area contributed by atoms with E-state index in [2.05, 4.69) is 10.2 Å². The van der Waals surface area contributed by atoms with E-state index in [1.165, 1.54) is 13.2 Å². The van der Waals surface area contributed by atoms with Gasteiger partial charge in [0.05, 0.1) is 41.1 Å². The lowest BCUT2D eigenvalue weighted by Gasteiger charge is -2.29. The first-order chi connectivity index (χ1) is 16.5. The van der Waals surface area contributed by atoms with E-state index in [0.717, 1.165) is 30.0 Å². The van der Waals surface area contributed by atoms with Gasteiger partial charge in [-0.3, -0.25) is 0 Å². The molecule has 0 atom stereocenters. The molecule has 1 aliphatic heterocycles. The van der Waals surface area contributed by atoms with E-state index in [1.54, 1.807) is 18.2 Å². The maximum absolute atomic E-state index is 14.1. The van der Waals surface area contributed by atoms with E-state index in [-0.39, 0.29) is 17.2 Å². The van der Waals surface area contributed by atoms with E-state index in [0.29, 0.717) is 41.3 Å². The fourth-order valence-electron chi connectivity index (χ4n) is 3.71. The van der Waals surface area contributed by atoms with E-state index >= 15 is 0 Å². The van der Waals surface area contributed by atoms with Crippen LogP contribution >= 0.6 is 34.8 Å². The monoisotopic (exact) mass is 524 g/mol. The average molecular weight is 526 g/mol. The summed E-state index contributed by atoms with van der Waals surface area (Å²) in [6, 6.07) is 14.0. The highest BCUT2D eigenvalue weighted by molar-refractivity contribution is 6.33. The summed E-state index contributed by atoms with van der Waals surface area (Å²) in [5.74, 6) is 0.323. The van der Waals surface area contributed by atoms with Crippen LogP contribution in [0.25, 0.3) is 0 Å². The van der Waals surface area contributed by atoms with Crippen molar-refractivity contribution in [2.75, 3.05) is 43.6 Å². The number of nitrogens with one attached hydrogen (secondary N) is 1. The molecule has 0 radical (unpaired) electrons. The number of hydrogen-bond donors (Lipinski definition) is 1. The second-order valence-corrected chi connectivity index (χ2v) is 8.94. The zero-order valence-electron chi connectivity index (χ0n) is 18.5. The maximum atomic E-state index is 14.1. The summed E-state index contributed by atoms with van der Waals surface area (Å²) in [7, 11) is 1.52. The Morgan fingerprint density at radius 3 is 2.50 bits per heavy atom. The van der Waals surface area contributed by atoms with Gasteiger partial charge in [-0.05, 0) is 48.0 Å². The molecule has 3 aromatic carbocycles. The first-order valence-corrected chi connectivity index (χ1v) is 11.9. The maximum Gasteiger partial charge on any atom is 0.180 e. The van der Waals surface area contributed by atoms with Crippen molar-refractivity contribution in [2.45, 2.75) is 13.2 Å². The second kappa shape index (κ2) is 11.4. The Kier molecular flexibility index (Phi) is 8.27. The molecule has 0 saturated carbocycles. The predicted octanol–water partition coefficient (Wildman–Crippen LogP) is 6.82. The first kappa shape index (κ1) is 24.7. The first-order valence-electron chi connectivity index (χ1n) is 10.7. The van der Waals surface area contributed by atoms with Crippen molar-refractivity contribution in [3.63, 3.8) is 0 Å². The third-order valence-electron chi connectivity index (χ3n) is 5.51. The van der Waals surface area contributed by atoms with Crippen LogP contribution in [0.4, 0.5) is 15.8 Å². The zero-order chi connectivity index (χ0) is 24.1. The number of ether oxygens (including phenoxy) is 3. The molecule has 9 heteroatoms. The number of halogens is 4.